The van der Waals surface area contributed by atoms with Gasteiger partial charge in [-0.15, -0.1) is 0 Å². The number of carboxylic acids is 1. The Labute approximate surface area is 134 Å². The predicted octanol–water partition coefficient (Wildman–Crippen LogP) is 0.876. The third-order valence-electron chi connectivity index (χ3n) is 3.99. The van der Waals surface area contributed by atoms with Crippen LogP contribution in [0.2, 0.25) is 0 Å². The number of nitrogens with zero attached hydrogens (tertiary/aromatic N) is 1. The zero-order valence-electron chi connectivity index (χ0n) is 12.9. The highest BCUT2D eigenvalue weighted by Gasteiger charge is 2.32. The molecule has 3 N–H and O–H groups in total. The SMILES string of the molecule is CC1CCC(C(N)=O)CN1C(=O)c1cccc(OCC(=O)O)c1. The zero-order chi connectivity index (χ0) is 17.0. The largest absolute Gasteiger partial charge is 0.482 e. The van der Waals surface area contributed by atoms with Crippen LogP contribution in [0.1, 0.15) is 30.1 Å². The smallest absolute Gasteiger partial charge is 0.341 e. The van der Waals surface area contributed by atoms with Gasteiger partial charge in [0.2, 0.25) is 5.91 Å². The fourth-order valence-electron chi connectivity index (χ4n) is 2.65. The van der Waals surface area contributed by atoms with Crippen LogP contribution in [0.3, 0.4) is 0 Å². The van der Waals surface area contributed by atoms with Crippen molar-refractivity contribution in [2.24, 2.45) is 11.7 Å². The first-order chi connectivity index (χ1) is 10.9. The summed E-state index contributed by atoms with van der Waals surface area (Å²) in [7, 11) is 0. The Morgan fingerprint density at radius 1 is 1.35 bits per heavy atom. The van der Waals surface area contributed by atoms with Crippen molar-refractivity contribution in [3.8, 4) is 5.75 Å². The van der Waals surface area contributed by atoms with E-state index in [1.807, 2.05) is 6.92 Å². The molecule has 0 saturated carbocycles. The summed E-state index contributed by atoms with van der Waals surface area (Å²) in [6.45, 7) is 1.76. The molecular formula is C16H20N2O5. The van der Waals surface area contributed by atoms with Gasteiger partial charge in [0.15, 0.2) is 6.61 Å². The Kier molecular flexibility index (Phi) is 5.20. The van der Waals surface area contributed by atoms with Crippen molar-refractivity contribution in [2.45, 2.75) is 25.8 Å². The van der Waals surface area contributed by atoms with Gasteiger partial charge in [0.25, 0.3) is 5.91 Å². The minimum Gasteiger partial charge on any atom is -0.482 e. The van der Waals surface area contributed by atoms with Crippen molar-refractivity contribution < 1.29 is 24.2 Å². The van der Waals surface area contributed by atoms with Gasteiger partial charge >= 0.3 is 5.97 Å². The molecule has 7 nitrogen and oxygen atoms in total. The van der Waals surface area contributed by atoms with Gasteiger partial charge in [0.05, 0.1) is 5.92 Å². The molecule has 0 aliphatic carbocycles. The van der Waals surface area contributed by atoms with Crippen LogP contribution in [-0.2, 0) is 9.59 Å². The molecule has 124 valence electrons. The molecule has 2 rings (SSSR count). The molecule has 0 radical (unpaired) electrons. The van der Waals surface area contributed by atoms with Crippen molar-refractivity contribution >= 4 is 17.8 Å². The Morgan fingerprint density at radius 3 is 2.74 bits per heavy atom. The van der Waals surface area contributed by atoms with Crippen molar-refractivity contribution in [3.63, 3.8) is 0 Å². The van der Waals surface area contributed by atoms with Gasteiger partial charge in [-0.05, 0) is 38.0 Å². The van der Waals surface area contributed by atoms with E-state index in [-0.39, 0.29) is 17.9 Å². The maximum Gasteiger partial charge on any atom is 0.341 e. The van der Waals surface area contributed by atoms with Gasteiger partial charge in [0, 0.05) is 18.2 Å². The van der Waals surface area contributed by atoms with Crippen LogP contribution in [0.15, 0.2) is 24.3 Å². The maximum absolute atomic E-state index is 12.7. The second-order valence-corrected chi connectivity index (χ2v) is 5.69. The fraction of sp³-hybridized carbons (Fsp3) is 0.438. The number of carbonyl (C=O) groups excluding carboxylic acids is 2. The molecule has 2 amide bonds. The highest BCUT2D eigenvalue weighted by atomic mass is 16.5. The number of amides is 2. The van der Waals surface area contributed by atoms with Crippen LogP contribution >= 0.6 is 0 Å². The first-order valence-corrected chi connectivity index (χ1v) is 7.43. The van der Waals surface area contributed by atoms with Gasteiger partial charge in [-0.2, -0.15) is 0 Å². The second kappa shape index (κ2) is 7.13. The summed E-state index contributed by atoms with van der Waals surface area (Å²) < 4.78 is 5.09. The van der Waals surface area contributed by atoms with E-state index in [4.69, 9.17) is 15.6 Å². The van der Waals surface area contributed by atoms with Crippen molar-refractivity contribution in [2.75, 3.05) is 13.2 Å². The highest BCUT2D eigenvalue weighted by molar-refractivity contribution is 5.95. The van der Waals surface area contributed by atoms with Crippen LogP contribution in [0.5, 0.6) is 5.75 Å². The van der Waals surface area contributed by atoms with Gasteiger partial charge in [-0.1, -0.05) is 6.07 Å². The van der Waals surface area contributed by atoms with Crippen LogP contribution in [0.4, 0.5) is 0 Å². The Morgan fingerprint density at radius 2 is 2.09 bits per heavy atom. The van der Waals surface area contributed by atoms with Gasteiger partial charge < -0.3 is 20.5 Å². The van der Waals surface area contributed by atoms with E-state index < -0.39 is 18.5 Å². The number of primary amides is 1. The zero-order valence-corrected chi connectivity index (χ0v) is 12.9. The molecule has 1 aromatic carbocycles. The van der Waals surface area contributed by atoms with Gasteiger partial charge in [-0.25, -0.2) is 4.79 Å². The minimum absolute atomic E-state index is 0.0155. The second-order valence-electron chi connectivity index (χ2n) is 5.69. The van der Waals surface area contributed by atoms with Crippen LogP contribution in [0.25, 0.3) is 0 Å². The Balaban J connectivity index is 2.13. The molecule has 1 aromatic rings. The molecule has 0 aromatic heterocycles. The molecule has 1 aliphatic heterocycles. The van der Waals surface area contributed by atoms with E-state index in [1.165, 1.54) is 6.07 Å². The highest BCUT2D eigenvalue weighted by Crippen LogP contribution is 2.24. The molecule has 1 aliphatic rings. The molecule has 2 unspecified atom stereocenters. The average molecular weight is 320 g/mol. The number of aliphatic carboxylic acids is 1. The lowest BCUT2D eigenvalue weighted by Crippen LogP contribution is -2.48. The van der Waals surface area contributed by atoms with E-state index in [9.17, 15) is 14.4 Å². The van der Waals surface area contributed by atoms with E-state index in [0.717, 1.165) is 0 Å². The summed E-state index contributed by atoms with van der Waals surface area (Å²) in [5, 5.41) is 8.63. The van der Waals surface area contributed by atoms with E-state index >= 15 is 0 Å². The Bertz CT molecular complexity index is 616. The number of piperidine rings is 1. The first-order valence-electron chi connectivity index (χ1n) is 7.43. The lowest BCUT2D eigenvalue weighted by atomic mass is 9.92. The summed E-state index contributed by atoms with van der Waals surface area (Å²) in [5.41, 5.74) is 5.75. The van der Waals surface area contributed by atoms with Crippen LogP contribution in [0, 0.1) is 5.92 Å². The summed E-state index contributed by atoms with van der Waals surface area (Å²) in [6.07, 6.45) is 1.40. The number of ether oxygens (including phenoxy) is 1. The van der Waals surface area contributed by atoms with E-state index in [0.29, 0.717) is 30.7 Å². The van der Waals surface area contributed by atoms with Crippen molar-refractivity contribution in [1.29, 1.82) is 0 Å². The number of hydrogen-bond acceptors (Lipinski definition) is 4. The number of carboxylic acid groups (broad SMARTS) is 1. The third kappa shape index (κ3) is 4.21. The number of nitrogens with two attached hydrogens (primary N) is 1. The van der Waals surface area contributed by atoms with Crippen molar-refractivity contribution in [1.82, 2.24) is 4.90 Å². The molecule has 1 heterocycles. The molecule has 0 spiro atoms. The Hall–Kier alpha value is -2.57. The molecule has 0 bridgehead atoms. The summed E-state index contributed by atoms with van der Waals surface area (Å²) >= 11 is 0. The third-order valence-corrected chi connectivity index (χ3v) is 3.99. The maximum atomic E-state index is 12.7. The molecule has 7 heteroatoms. The quantitative estimate of drug-likeness (QED) is 0.836. The topological polar surface area (TPSA) is 110 Å². The molecule has 23 heavy (non-hydrogen) atoms. The normalized spacial score (nSPS) is 20.8. The molecule has 1 fully saturated rings. The fourth-order valence-corrected chi connectivity index (χ4v) is 2.65. The van der Waals surface area contributed by atoms with E-state index in [2.05, 4.69) is 0 Å². The molecule has 2 atom stereocenters. The van der Waals surface area contributed by atoms with Gasteiger partial charge in [-0.3, -0.25) is 9.59 Å². The standard InChI is InChI=1S/C16H20N2O5/c1-10-5-6-12(15(17)21)8-18(10)16(22)11-3-2-4-13(7-11)23-9-14(19)20/h2-4,7,10,12H,5-6,8-9H2,1H3,(H2,17,21)(H,19,20). The number of hydrogen-bond donors (Lipinski definition) is 2. The number of benzene rings is 1. The summed E-state index contributed by atoms with van der Waals surface area (Å²) in [4.78, 5) is 36.2. The number of rotatable bonds is 5. The summed E-state index contributed by atoms with van der Waals surface area (Å²) in [5.74, 6) is -1.72. The first kappa shape index (κ1) is 16.8. The lowest BCUT2D eigenvalue weighted by molar-refractivity contribution is -0.139. The molecule has 1 saturated heterocycles. The van der Waals surface area contributed by atoms with Crippen LogP contribution < -0.4 is 10.5 Å². The predicted molar refractivity (Wildman–Crippen MR) is 82.0 cm³/mol. The lowest BCUT2D eigenvalue weighted by Gasteiger charge is -2.37. The average Bonchev–Trinajstić information content (AvgIpc) is 2.52. The minimum atomic E-state index is -1.09. The van der Waals surface area contributed by atoms with Crippen molar-refractivity contribution in [3.05, 3.63) is 29.8 Å². The van der Waals surface area contributed by atoms with Crippen LogP contribution in [-0.4, -0.2) is 47.0 Å². The van der Waals surface area contributed by atoms with E-state index in [1.54, 1.807) is 23.1 Å². The monoisotopic (exact) mass is 320 g/mol. The van der Waals surface area contributed by atoms with Gasteiger partial charge in [0.1, 0.15) is 5.75 Å². The summed E-state index contributed by atoms with van der Waals surface area (Å²) in [6, 6.07) is 6.38. The number of likely N-dealkylation sites (tertiary alicyclic amines) is 1. The number of carbonyl (C=O) groups is 3. The molecular weight excluding hydrogens is 300 g/mol.